The van der Waals surface area contributed by atoms with E-state index < -0.39 is 12.1 Å². The molecule has 1 aromatic rings. The second-order valence-corrected chi connectivity index (χ2v) is 5.71. The van der Waals surface area contributed by atoms with Gasteiger partial charge in [-0.2, -0.15) is 0 Å². The summed E-state index contributed by atoms with van der Waals surface area (Å²) in [4.78, 5) is 28.4. The van der Waals surface area contributed by atoms with Gasteiger partial charge in [0.25, 0.3) is 0 Å². The molecule has 3 rings (SSSR count). The summed E-state index contributed by atoms with van der Waals surface area (Å²) in [5.41, 5.74) is 1.39. The first kappa shape index (κ1) is 16.3. The highest BCUT2D eigenvalue weighted by Crippen LogP contribution is 2.32. The van der Waals surface area contributed by atoms with Crippen molar-refractivity contribution >= 4 is 17.5 Å². The van der Waals surface area contributed by atoms with E-state index in [0.29, 0.717) is 30.1 Å². The molecular formula is C17H19NO6. The normalized spacial score (nSPS) is 20.0. The van der Waals surface area contributed by atoms with Crippen LogP contribution in [-0.2, 0) is 19.2 Å². The quantitative estimate of drug-likeness (QED) is 0.467. The molecule has 1 aliphatic carbocycles. The molecule has 24 heavy (non-hydrogen) atoms. The molecule has 1 heterocycles. The van der Waals surface area contributed by atoms with Crippen LogP contribution in [-0.4, -0.2) is 37.0 Å². The van der Waals surface area contributed by atoms with Crippen molar-refractivity contribution in [3.8, 4) is 11.5 Å². The van der Waals surface area contributed by atoms with Crippen molar-refractivity contribution in [3.05, 3.63) is 23.8 Å². The summed E-state index contributed by atoms with van der Waals surface area (Å²) in [7, 11) is 0. The van der Waals surface area contributed by atoms with Crippen LogP contribution in [0.25, 0.3) is 0 Å². The third kappa shape index (κ3) is 3.84. The Hall–Kier alpha value is -2.57. The smallest absolute Gasteiger partial charge is 0.347 e. The van der Waals surface area contributed by atoms with Crippen LogP contribution in [0.1, 0.15) is 38.2 Å². The van der Waals surface area contributed by atoms with Crippen molar-refractivity contribution in [3.63, 3.8) is 0 Å². The zero-order valence-electron chi connectivity index (χ0n) is 13.4. The fourth-order valence-electron chi connectivity index (χ4n) is 2.62. The molecule has 128 valence electrons. The molecule has 0 spiro atoms. The number of fused-ring (bicyclic) bond motifs is 1. The van der Waals surface area contributed by atoms with Crippen LogP contribution in [0.3, 0.4) is 0 Å². The van der Waals surface area contributed by atoms with Crippen molar-refractivity contribution < 1.29 is 28.6 Å². The Morgan fingerprint density at radius 3 is 2.96 bits per heavy atom. The first-order valence-corrected chi connectivity index (χ1v) is 7.92. The van der Waals surface area contributed by atoms with E-state index >= 15 is 0 Å². The molecule has 1 aromatic carbocycles. The monoisotopic (exact) mass is 333 g/mol. The number of hydrogen-bond donors (Lipinski definition) is 0. The van der Waals surface area contributed by atoms with E-state index in [1.165, 1.54) is 0 Å². The second-order valence-electron chi connectivity index (χ2n) is 5.71. The van der Waals surface area contributed by atoms with E-state index in [2.05, 4.69) is 5.16 Å². The molecule has 0 radical (unpaired) electrons. The molecule has 0 bridgehead atoms. The molecule has 0 saturated heterocycles. The highest BCUT2D eigenvalue weighted by atomic mass is 16.7. The molecule has 1 unspecified atom stereocenters. The van der Waals surface area contributed by atoms with Gasteiger partial charge < -0.3 is 19.0 Å². The van der Waals surface area contributed by atoms with E-state index in [1.807, 2.05) is 6.07 Å². The lowest BCUT2D eigenvalue weighted by atomic mass is 9.96. The van der Waals surface area contributed by atoms with Gasteiger partial charge in [0.2, 0.25) is 13.4 Å². The minimum Gasteiger partial charge on any atom is -0.454 e. The Morgan fingerprint density at radius 2 is 2.12 bits per heavy atom. The first-order valence-electron chi connectivity index (χ1n) is 7.92. The summed E-state index contributed by atoms with van der Waals surface area (Å²) >= 11 is 0. The number of ketones is 1. The van der Waals surface area contributed by atoms with Crippen LogP contribution in [0.4, 0.5) is 0 Å². The highest BCUT2D eigenvalue weighted by molar-refractivity contribution is 5.99. The van der Waals surface area contributed by atoms with Crippen molar-refractivity contribution in [1.29, 1.82) is 0 Å². The van der Waals surface area contributed by atoms with Crippen molar-refractivity contribution in [2.24, 2.45) is 5.16 Å². The minimum atomic E-state index is -0.631. The molecule has 0 amide bonds. The lowest BCUT2D eigenvalue weighted by Crippen LogP contribution is -2.31. The Labute approximate surface area is 139 Å². The summed E-state index contributed by atoms with van der Waals surface area (Å²) in [6.45, 7) is 1.64. The zero-order valence-corrected chi connectivity index (χ0v) is 13.4. The molecule has 1 saturated carbocycles. The average molecular weight is 333 g/mol. The number of Topliss-reactive ketones (excluding diaryl/α,β-unsaturated/α-hetero) is 1. The van der Waals surface area contributed by atoms with Crippen molar-refractivity contribution in [2.75, 3.05) is 13.4 Å². The van der Waals surface area contributed by atoms with Gasteiger partial charge >= 0.3 is 5.97 Å². The molecule has 2 aliphatic rings. The second kappa shape index (κ2) is 7.33. The number of oxime groups is 1. The Balaban J connectivity index is 1.50. The number of ether oxygens (including phenoxy) is 3. The lowest BCUT2D eigenvalue weighted by molar-refractivity contribution is -0.160. The average Bonchev–Trinajstić information content (AvgIpc) is 3.04. The first-order chi connectivity index (χ1) is 11.6. The van der Waals surface area contributed by atoms with E-state index in [0.717, 1.165) is 18.4 Å². The van der Waals surface area contributed by atoms with Gasteiger partial charge in [-0.25, -0.2) is 4.79 Å². The van der Waals surface area contributed by atoms with Crippen LogP contribution in [0.15, 0.2) is 23.4 Å². The minimum absolute atomic E-state index is 0.0189. The van der Waals surface area contributed by atoms with Gasteiger partial charge in [0, 0.05) is 12.0 Å². The third-order valence-electron chi connectivity index (χ3n) is 3.95. The maximum atomic E-state index is 11.7. The summed E-state index contributed by atoms with van der Waals surface area (Å²) in [6, 6.07) is 5.41. The number of hydrogen-bond acceptors (Lipinski definition) is 7. The Kier molecular flexibility index (Phi) is 4.98. The van der Waals surface area contributed by atoms with Gasteiger partial charge in [0.15, 0.2) is 23.4 Å². The molecule has 7 nitrogen and oxygen atoms in total. The molecular weight excluding hydrogens is 314 g/mol. The summed E-state index contributed by atoms with van der Waals surface area (Å²) in [5.74, 6) is 0.734. The standard InChI is InChI=1S/C17H19NO6/c1-11(12-6-7-15-16(8-12)22-10-21-15)18-23-9-17(20)24-14-5-3-2-4-13(14)19/h6-8,14H,2-5,9-10H2,1H3/b18-11+. The highest BCUT2D eigenvalue weighted by Gasteiger charge is 2.25. The summed E-state index contributed by atoms with van der Waals surface area (Å²) < 4.78 is 15.7. The van der Waals surface area contributed by atoms with Crippen LogP contribution >= 0.6 is 0 Å². The SMILES string of the molecule is C/C(=N\OCC(=O)OC1CCCCC1=O)c1ccc2c(c1)OCO2. The van der Waals surface area contributed by atoms with Gasteiger partial charge in [-0.1, -0.05) is 5.16 Å². The van der Waals surface area contributed by atoms with Crippen LogP contribution < -0.4 is 9.47 Å². The number of nitrogens with zero attached hydrogens (tertiary/aromatic N) is 1. The predicted molar refractivity (Wildman–Crippen MR) is 84.1 cm³/mol. The molecule has 1 atom stereocenters. The number of esters is 1. The van der Waals surface area contributed by atoms with Crippen molar-refractivity contribution in [2.45, 2.75) is 38.7 Å². The predicted octanol–water partition coefficient (Wildman–Crippen LogP) is 2.21. The van der Waals surface area contributed by atoms with Gasteiger partial charge in [-0.05, 0) is 44.4 Å². The van der Waals surface area contributed by atoms with Crippen LogP contribution in [0, 0.1) is 0 Å². The molecule has 7 heteroatoms. The summed E-state index contributed by atoms with van der Waals surface area (Å²) in [5, 5.41) is 3.91. The van der Waals surface area contributed by atoms with Crippen molar-refractivity contribution in [1.82, 2.24) is 0 Å². The van der Waals surface area contributed by atoms with Gasteiger partial charge in [-0.3, -0.25) is 4.79 Å². The maximum Gasteiger partial charge on any atom is 0.347 e. The summed E-state index contributed by atoms with van der Waals surface area (Å²) in [6.07, 6.45) is 2.19. The Morgan fingerprint density at radius 1 is 1.29 bits per heavy atom. The lowest BCUT2D eigenvalue weighted by Gasteiger charge is -2.20. The largest absolute Gasteiger partial charge is 0.454 e. The van der Waals surface area contributed by atoms with E-state index in [9.17, 15) is 9.59 Å². The number of rotatable bonds is 5. The van der Waals surface area contributed by atoms with Crippen LogP contribution in [0.2, 0.25) is 0 Å². The maximum absolute atomic E-state index is 11.7. The van der Waals surface area contributed by atoms with Gasteiger partial charge in [0.05, 0.1) is 5.71 Å². The fourth-order valence-corrected chi connectivity index (χ4v) is 2.62. The molecule has 0 aromatic heterocycles. The topological polar surface area (TPSA) is 83.4 Å². The third-order valence-corrected chi connectivity index (χ3v) is 3.95. The number of carbonyl (C=O) groups is 2. The van der Waals surface area contributed by atoms with Crippen LogP contribution in [0.5, 0.6) is 11.5 Å². The molecule has 1 fully saturated rings. The zero-order chi connectivity index (χ0) is 16.9. The molecule has 1 aliphatic heterocycles. The van der Waals surface area contributed by atoms with E-state index in [1.54, 1.807) is 19.1 Å². The van der Waals surface area contributed by atoms with E-state index in [4.69, 9.17) is 19.0 Å². The van der Waals surface area contributed by atoms with E-state index in [-0.39, 0.29) is 19.2 Å². The van der Waals surface area contributed by atoms with Gasteiger partial charge in [0.1, 0.15) is 0 Å². The number of carbonyl (C=O) groups excluding carboxylic acids is 2. The van der Waals surface area contributed by atoms with Gasteiger partial charge in [-0.15, -0.1) is 0 Å². The Bertz CT molecular complexity index is 669. The fraction of sp³-hybridized carbons (Fsp3) is 0.471. The molecule has 0 N–H and O–H groups in total. The number of benzene rings is 1.